The molecular weight excluding hydrogens is 716 g/mol. The van der Waals surface area contributed by atoms with E-state index >= 15 is 0 Å². The highest BCUT2D eigenvalue weighted by molar-refractivity contribution is 5.94. The van der Waals surface area contributed by atoms with E-state index in [0.717, 1.165) is 0 Å². The quantitative estimate of drug-likeness (QED) is 0.261. The standard InChI is InChI=1S/C42H76N6O8/c1-24(2)17-29-35(49)22-37(51)45(11)33(20-27(7)8)41(55)47(13)32(19-26(5)6)40(54)44-30(18-25(3)4)36(50)23-38(52)46(12)34(21-28(9)10)42(56)48-16-14-15-31(48)39(53)43-29/h24-36,49-50H,14-23H2,1-13H3,(H,43,53)(H,44,54)/t29-,30-,31+,32-,33-,34+,35-,36-/m0/s1. The highest BCUT2D eigenvalue weighted by Crippen LogP contribution is 2.26. The smallest absolute Gasteiger partial charge is 0.246 e. The topological polar surface area (TPSA) is 180 Å². The van der Waals surface area contributed by atoms with Crippen molar-refractivity contribution in [2.45, 2.75) is 175 Å². The lowest BCUT2D eigenvalue weighted by atomic mass is 9.94. The molecular formula is C42H76N6O8. The van der Waals surface area contributed by atoms with Gasteiger partial charge in [-0.25, -0.2) is 0 Å². The molecule has 0 aromatic rings. The van der Waals surface area contributed by atoms with Crippen molar-refractivity contribution < 1.29 is 39.0 Å². The van der Waals surface area contributed by atoms with Crippen molar-refractivity contribution in [3.8, 4) is 0 Å². The Hall–Kier alpha value is -3.26. The van der Waals surface area contributed by atoms with E-state index in [1.807, 2.05) is 69.2 Å². The van der Waals surface area contributed by atoms with Gasteiger partial charge in [0.2, 0.25) is 35.4 Å². The number of carbonyl (C=O) groups excluding carboxylic acids is 6. The zero-order chi connectivity index (χ0) is 42.8. The number of aliphatic hydroxyl groups excluding tert-OH is 2. The summed E-state index contributed by atoms with van der Waals surface area (Å²) in [6.07, 6.45) is -0.682. The molecule has 0 spiro atoms. The van der Waals surface area contributed by atoms with Gasteiger partial charge in [-0.15, -0.1) is 0 Å². The van der Waals surface area contributed by atoms with Crippen molar-refractivity contribution >= 4 is 35.4 Å². The van der Waals surface area contributed by atoms with Gasteiger partial charge >= 0.3 is 0 Å². The van der Waals surface area contributed by atoms with Crippen LogP contribution in [0.1, 0.15) is 127 Å². The second kappa shape index (κ2) is 22.0. The minimum atomic E-state index is -1.29. The summed E-state index contributed by atoms with van der Waals surface area (Å²) in [7, 11) is 4.61. The molecule has 6 amide bonds. The van der Waals surface area contributed by atoms with Crippen LogP contribution in [0.2, 0.25) is 0 Å². The molecule has 4 N–H and O–H groups in total. The van der Waals surface area contributed by atoms with Crippen LogP contribution in [-0.4, -0.2) is 141 Å². The van der Waals surface area contributed by atoms with Crippen LogP contribution in [0.3, 0.4) is 0 Å². The highest BCUT2D eigenvalue weighted by atomic mass is 16.3. The van der Waals surface area contributed by atoms with Crippen molar-refractivity contribution in [2.75, 3.05) is 27.7 Å². The fourth-order valence-electron chi connectivity index (χ4n) is 7.99. The first kappa shape index (κ1) is 48.9. The molecule has 0 unspecified atom stereocenters. The van der Waals surface area contributed by atoms with E-state index < -0.39 is 78.0 Å². The lowest BCUT2D eigenvalue weighted by Crippen LogP contribution is -2.59. The van der Waals surface area contributed by atoms with Gasteiger partial charge in [-0.1, -0.05) is 69.2 Å². The van der Waals surface area contributed by atoms with Gasteiger partial charge in [0.15, 0.2) is 0 Å². The van der Waals surface area contributed by atoms with E-state index in [4.69, 9.17) is 0 Å². The Morgan fingerprint density at radius 2 is 0.911 bits per heavy atom. The number of nitrogens with one attached hydrogen (secondary N) is 2. The van der Waals surface area contributed by atoms with Gasteiger partial charge in [-0.3, -0.25) is 28.8 Å². The Balaban J connectivity index is 2.73. The van der Waals surface area contributed by atoms with Crippen molar-refractivity contribution in [3.63, 3.8) is 0 Å². The number of fused-ring (bicyclic) bond motifs is 1. The average Bonchev–Trinajstić information content (AvgIpc) is 3.59. The van der Waals surface area contributed by atoms with Crippen LogP contribution in [0.5, 0.6) is 0 Å². The molecule has 0 aromatic carbocycles. The number of rotatable bonds is 10. The minimum Gasteiger partial charge on any atom is -0.390 e. The zero-order valence-corrected chi connectivity index (χ0v) is 36.7. The molecule has 14 heteroatoms. The molecule has 0 radical (unpaired) electrons. The summed E-state index contributed by atoms with van der Waals surface area (Å²) in [5, 5.41) is 29.1. The normalized spacial score (nSPS) is 29.1. The summed E-state index contributed by atoms with van der Waals surface area (Å²) < 4.78 is 0. The fraction of sp³-hybridized carbons (Fsp3) is 0.857. The summed E-state index contributed by atoms with van der Waals surface area (Å²) in [5.41, 5.74) is 0. The Labute approximate surface area is 336 Å². The number of likely N-dealkylation sites (N-methyl/N-ethyl adjacent to an activating group) is 3. The van der Waals surface area contributed by atoms with E-state index in [9.17, 15) is 39.0 Å². The van der Waals surface area contributed by atoms with E-state index in [2.05, 4.69) is 10.6 Å². The first-order valence-corrected chi connectivity index (χ1v) is 21.0. The Morgan fingerprint density at radius 3 is 1.32 bits per heavy atom. The third-order valence-corrected chi connectivity index (χ3v) is 11.1. The van der Waals surface area contributed by atoms with E-state index in [1.165, 1.54) is 33.7 Å². The zero-order valence-electron chi connectivity index (χ0n) is 36.7. The number of amides is 6. The summed E-state index contributed by atoms with van der Waals surface area (Å²) in [5.74, 6) is -2.58. The molecule has 2 saturated heterocycles. The molecule has 2 rings (SSSR count). The average molecular weight is 793 g/mol. The molecule has 0 aromatic heterocycles. The first-order chi connectivity index (χ1) is 26.0. The van der Waals surface area contributed by atoms with Gasteiger partial charge in [-0.2, -0.15) is 0 Å². The second-order valence-corrected chi connectivity index (χ2v) is 18.6. The van der Waals surface area contributed by atoms with Crippen LogP contribution >= 0.6 is 0 Å². The van der Waals surface area contributed by atoms with Crippen LogP contribution in [0.25, 0.3) is 0 Å². The van der Waals surface area contributed by atoms with Crippen LogP contribution in [-0.2, 0) is 28.8 Å². The predicted octanol–water partition coefficient (Wildman–Crippen LogP) is 3.17. The third kappa shape index (κ3) is 14.0. The second-order valence-electron chi connectivity index (χ2n) is 18.6. The molecule has 14 nitrogen and oxygen atoms in total. The lowest BCUT2D eigenvalue weighted by Gasteiger charge is -2.38. The molecule has 2 heterocycles. The third-order valence-electron chi connectivity index (χ3n) is 11.1. The highest BCUT2D eigenvalue weighted by Gasteiger charge is 2.42. The largest absolute Gasteiger partial charge is 0.390 e. The van der Waals surface area contributed by atoms with Crippen LogP contribution in [0.4, 0.5) is 0 Å². The molecule has 2 aliphatic heterocycles. The number of aliphatic hydroxyl groups is 2. The molecule has 0 aliphatic carbocycles. The van der Waals surface area contributed by atoms with Crippen molar-refractivity contribution in [1.82, 2.24) is 30.2 Å². The maximum atomic E-state index is 14.4. The number of hydrogen-bond acceptors (Lipinski definition) is 8. The van der Waals surface area contributed by atoms with Gasteiger partial charge < -0.3 is 40.4 Å². The van der Waals surface area contributed by atoms with Crippen LogP contribution in [0, 0.1) is 29.6 Å². The van der Waals surface area contributed by atoms with Crippen molar-refractivity contribution in [2.24, 2.45) is 29.6 Å². The van der Waals surface area contributed by atoms with E-state index in [1.54, 1.807) is 7.05 Å². The molecule has 0 bridgehead atoms. The minimum absolute atomic E-state index is 0.0000466. The fourth-order valence-corrected chi connectivity index (χ4v) is 7.99. The van der Waals surface area contributed by atoms with Gasteiger partial charge in [0.25, 0.3) is 0 Å². The molecule has 2 aliphatic rings. The summed E-state index contributed by atoms with van der Waals surface area (Å²) in [6, 6.07) is -5.28. The Morgan fingerprint density at radius 1 is 0.536 bits per heavy atom. The molecule has 322 valence electrons. The van der Waals surface area contributed by atoms with Crippen LogP contribution < -0.4 is 10.6 Å². The van der Waals surface area contributed by atoms with Crippen molar-refractivity contribution in [3.05, 3.63) is 0 Å². The molecule has 2 fully saturated rings. The van der Waals surface area contributed by atoms with Gasteiger partial charge in [0.1, 0.15) is 24.2 Å². The van der Waals surface area contributed by atoms with E-state index in [-0.39, 0.29) is 48.3 Å². The van der Waals surface area contributed by atoms with Crippen molar-refractivity contribution in [1.29, 1.82) is 0 Å². The summed E-state index contributed by atoms with van der Waals surface area (Å²) in [6.45, 7) is 19.8. The maximum Gasteiger partial charge on any atom is 0.246 e. The molecule has 0 saturated carbocycles. The first-order valence-electron chi connectivity index (χ1n) is 21.0. The maximum absolute atomic E-state index is 14.4. The summed E-state index contributed by atoms with van der Waals surface area (Å²) in [4.78, 5) is 90.4. The Bertz CT molecular complexity index is 1340. The number of hydrogen-bond donors (Lipinski definition) is 4. The lowest BCUT2D eigenvalue weighted by molar-refractivity contribution is -0.150. The van der Waals surface area contributed by atoms with E-state index in [0.29, 0.717) is 51.5 Å². The van der Waals surface area contributed by atoms with Gasteiger partial charge in [-0.05, 0) is 74.5 Å². The summed E-state index contributed by atoms with van der Waals surface area (Å²) >= 11 is 0. The monoisotopic (exact) mass is 793 g/mol. The van der Waals surface area contributed by atoms with Gasteiger partial charge in [0.05, 0.1) is 37.1 Å². The number of carbonyl (C=O) groups is 6. The SMILES string of the molecule is CC(C)C[C@@H]1NC(=O)[C@H]2CCCN2C(=O)[C@@H](CC(C)C)N(C)C(=O)C[C@H](O)[C@H](CC(C)C)NC(=O)[C@H](CC(C)C)N(C)C(=O)[C@H](CC(C)C)N(C)C(=O)C[C@@H]1O. The Kier molecular flexibility index (Phi) is 19.2. The van der Waals surface area contributed by atoms with Gasteiger partial charge in [0, 0.05) is 27.7 Å². The van der Waals surface area contributed by atoms with Crippen LogP contribution in [0.15, 0.2) is 0 Å². The predicted molar refractivity (Wildman–Crippen MR) is 217 cm³/mol. The molecule has 56 heavy (non-hydrogen) atoms. The molecule has 8 atom stereocenters. The number of nitrogens with zero attached hydrogens (tertiary/aromatic N) is 4.